The number of pyridine rings is 1. The monoisotopic (exact) mass is 344 g/mol. The molecule has 2 aliphatic heterocycles. The van der Waals surface area contributed by atoms with Crippen molar-refractivity contribution >= 4 is 11.8 Å². The Kier molecular flexibility index (Phi) is 5.68. The molecule has 6 nitrogen and oxygen atoms in total. The molecule has 3 rings (SSSR count). The van der Waals surface area contributed by atoms with Crippen LogP contribution in [-0.2, 0) is 16.1 Å². The summed E-state index contributed by atoms with van der Waals surface area (Å²) in [6, 6.07) is 5.67. The quantitative estimate of drug-likeness (QED) is 0.848. The van der Waals surface area contributed by atoms with Gasteiger partial charge in [0.05, 0.1) is 24.2 Å². The summed E-state index contributed by atoms with van der Waals surface area (Å²) in [5.41, 5.74) is 0.598. The second-order valence-electron chi connectivity index (χ2n) is 7.23. The topological polar surface area (TPSA) is 65.5 Å². The highest BCUT2D eigenvalue weighted by Crippen LogP contribution is 2.39. The molecule has 25 heavy (non-hydrogen) atoms. The molecule has 3 heterocycles. The first-order valence-corrected chi connectivity index (χ1v) is 9.31. The van der Waals surface area contributed by atoms with Gasteiger partial charge in [-0.3, -0.25) is 19.5 Å². The van der Waals surface area contributed by atoms with E-state index in [0.717, 1.165) is 51.0 Å². The van der Waals surface area contributed by atoms with Crippen LogP contribution in [0.2, 0.25) is 0 Å². The summed E-state index contributed by atoms with van der Waals surface area (Å²) in [4.78, 5) is 33.4. The van der Waals surface area contributed by atoms with Crippen molar-refractivity contribution in [3.05, 3.63) is 30.1 Å². The fourth-order valence-corrected chi connectivity index (χ4v) is 4.06. The van der Waals surface area contributed by atoms with Crippen molar-refractivity contribution in [1.29, 1.82) is 0 Å². The molecule has 0 radical (unpaired) electrons. The molecule has 2 aliphatic rings. The fraction of sp³-hybridized carbons (Fsp3) is 0.632. The molecule has 0 aliphatic carbocycles. The summed E-state index contributed by atoms with van der Waals surface area (Å²) in [7, 11) is 0. The maximum Gasteiger partial charge on any atom is 0.234 e. The number of hydrogen-bond donors (Lipinski definition) is 1. The van der Waals surface area contributed by atoms with E-state index in [1.165, 1.54) is 0 Å². The molecule has 1 N–H and O–H groups in total. The Morgan fingerprint density at radius 3 is 2.96 bits per heavy atom. The number of nitrogens with zero attached hydrogens (tertiary/aromatic N) is 3. The fourth-order valence-electron chi connectivity index (χ4n) is 4.06. The highest BCUT2D eigenvalue weighted by Gasteiger charge is 2.48. The lowest BCUT2D eigenvalue weighted by Crippen LogP contribution is -2.50. The minimum absolute atomic E-state index is 0.00336. The average molecular weight is 344 g/mol. The van der Waals surface area contributed by atoms with Crippen molar-refractivity contribution in [2.24, 2.45) is 5.41 Å². The van der Waals surface area contributed by atoms with Crippen molar-refractivity contribution in [1.82, 2.24) is 20.1 Å². The highest BCUT2D eigenvalue weighted by molar-refractivity contribution is 5.84. The minimum Gasteiger partial charge on any atom is -0.349 e. The van der Waals surface area contributed by atoms with E-state index >= 15 is 0 Å². The van der Waals surface area contributed by atoms with Crippen LogP contribution in [-0.4, -0.2) is 59.3 Å². The Hall–Kier alpha value is -1.95. The molecule has 2 saturated heterocycles. The van der Waals surface area contributed by atoms with Gasteiger partial charge in [0.2, 0.25) is 11.8 Å². The van der Waals surface area contributed by atoms with Gasteiger partial charge < -0.3 is 10.2 Å². The Balaban J connectivity index is 1.50. The van der Waals surface area contributed by atoms with Crippen molar-refractivity contribution in [3.8, 4) is 0 Å². The lowest BCUT2D eigenvalue weighted by Gasteiger charge is -2.39. The molecule has 0 aromatic carbocycles. The van der Waals surface area contributed by atoms with E-state index in [9.17, 15) is 9.59 Å². The number of carbonyl (C=O) groups is 2. The highest BCUT2D eigenvalue weighted by atomic mass is 16.2. The third-order valence-electron chi connectivity index (χ3n) is 5.31. The zero-order chi connectivity index (χ0) is 17.7. The van der Waals surface area contributed by atoms with Gasteiger partial charge in [0.15, 0.2) is 0 Å². The van der Waals surface area contributed by atoms with Gasteiger partial charge in [-0.25, -0.2) is 0 Å². The average Bonchev–Trinajstić information content (AvgIpc) is 3.02. The number of aromatic nitrogens is 1. The summed E-state index contributed by atoms with van der Waals surface area (Å²) in [6.45, 7) is 6.19. The van der Waals surface area contributed by atoms with Crippen LogP contribution in [0, 0.1) is 5.41 Å². The third kappa shape index (κ3) is 4.18. The Morgan fingerprint density at radius 1 is 1.32 bits per heavy atom. The number of hydrogen-bond acceptors (Lipinski definition) is 4. The van der Waals surface area contributed by atoms with E-state index in [4.69, 9.17) is 0 Å². The molecule has 2 fully saturated rings. The summed E-state index contributed by atoms with van der Waals surface area (Å²) >= 11 is 0. The number of rotatable bonds is 6. The number of nitrogens with one attached hydrogen (secondary N) is 1. The number of carbonyl (C=O) groups excluding carboxylic acids is 2. The predicted molar refractivity (Wildman–Crippen MR) is 95.7 cm³/mol. The Morgan fingerprint density at radius 2 is 2.20 bits per heavy atom. The number of piperidine rings is 1. The van der Waals surface area contributed by atoms with Gasteiger partial charge in [-0.2, -0.15) is 0 Å². The summed E-state index contributed by atoms with van der Waals surface area (Å²) in [5.74, 6) is 0.299. The van der Waals surface area contributed by atoms with E-state index in [2.05, 4.69) is 22.1 Å². The lowest BCUT2D eigenvalue weighted by atomic mass is 9.78. The van der Waals surface area contributed by atoms with Gasteiger partial charge in [-0.1, -0.05) is 13.0 Å². The Bertz CT molecular complexity index is 605. The predicted octanol–water partition coefficient (Wildman–Crippen LogP) is 1.42. The maximum atomic E-state index is 12.9. The molecule has 0 bridgehead atoms. The van der Waals surface area contributed by atoms with Crippen LogP contribution in [0.15, 0.2) is 24.4 Å². The van der Waals surface area contributed by atoms with Gasteiger partial charge in [-0.15, -0.1) is 0 Å². The number of likely N-dealkylation sites (tertiary alicyclic amines) is 2. The van der Waals surface area contributed by atoms with Crippen molar-refractivity contribution < 1.29 is 9.59 Å². The summed E-state index contributed by atoms with van der Waals surface area (Å²) < 4.78 is 0. The first-order chi connectivity index (χ1) is 12.1. The first-order valence-electron chi connectivity index (χ1n) is 9.31. The second-order valence-corrected chi connectivity index (χ2v) is 7.23. The van der Waals surface area contributed by atoms with Gasteiger partial charge in [0.1, 0.15) is 0 Å². The first kappa shape index (κ1) is 17.9. The van der Waals surface area contributed by atoms with Gasteiger partial charge >= 0.3 is 0 Å². The van der Waals surface area contributed by atoms with Gasteiger partial charge in [0, 0.05) is 25.8 Å². The molecule has 2 amide bonds. The molecule has 1 atom stereocenters. The molecule has 1 aromatic heterocycles. The van der Waals surface area contributed by atoms with Crippen LogP contribution in [0.1, 0.15) is 38.3 Å². The smallest absolute Gasteiger partial charge is 0.234 e. The zero-order valence-electron chi connectivity index (χ0n) is 15.0. The maximum absolute atomic E-state index is 12.9. The normalized spacial score (nSPS) is 24.0. The molecular formula is C19H28N4O2. The largest absolute Gasteiger partial charge is 0.349 e. The van der Waals surface area contributed by atoms with E-state index < -0.39 is 0 Å². The van der Waals surface area contributed by atoms with Crippen LogP contribution in [0.3, 0.4) is 0 Å². The standard InChI is InChI=1S/C19H28N4O2/c1-2-10-23-11-5-7-19(18(23)25)8-12-22(15-19)14-17(24)21-13-16-6-3-4-9-20-16/h3-4,6,9H,2,5,7-8,10-15H2,1H3,(H,21,24)/t19-/m0/s1. The molecule has 6 heteroatoms. The molecule has 1 spiro atoms. The molecule has 1 aromatic rings. The van der Waals surface area contributed by atoms with Crippen LogP contribution in [0.25, 0.3) is 0 Å². The van der Waals surface area contributed by atoms with Crippen LogP contribution in [0.4, 0.5) is 0 Å². The van der Waals surface area contributed by atoms with Crippen molar-refractivity contribution in [3.63, 3.8) is 0 Å². The van der Waals surface area contributed by atoms with Crippen molar-refractivity contribution in [2.45, 2.75) is 39.2 Å². The number of amides is 2. The van der Waals surface area contributed by atoms with Gasteiger partial charge in [0.25, 0.3) is 0 Å². The minimum atomic E-state index is -0.255. The lowest BCUT2D eigenvalue weighted by molar-refractivity contribution is -0.145. The summed E-state index contributed by atoms with van der Waals surface area (Å²) in [5, 5.41) is 2.92. The third-order valence-corrected chi connectivity index (χ3v) is 5.31. The Labute approximate surface area is 149 Å². The summed E-state index contributed by atoms with van der Waals surface area (Å²) in [6.07, 6.45) is 5.63. The van der Waals surface area contributed by atoms with E-state index in [0.29, 0.717) is 25.5 Å². The van der Waals surface area contributed by atoms with Crippen LogP contribution < -0.4 is 5.32 Å². The molecular weight excluding hydrogens is 316 g/mol. The molecule has 136 valence electrons. The van der Waals surface area contributed by atoms with E-state index in [-0.39, 0.29) is 11.3 Å². The van der Waals surface area contributed by atoms with Crippen molar-refractivity contribution in [2.75, 3.05) is 32.7 Å². The van der Waals surface area contributed by atoms with Crippen LogP contribution >= 0.6 is 0 Å². The van der Waals surface area contributed by atoms with Crippen LogP contribution in [0.5, 0.6) is 0 Å². The van der Waals surface area contributed by atoms with Gasteiger partial charge in [-0.05, 0) is 44.4 Å². The van der Waals surface area contributed by atoms with E-state index in [1.807, 2.05) is 23.1 Å². The molecule has 0 saturated carbocycles. The second kappa shape index (κ2) is 7.95. The molecule has 0 unspecified atom stereocenters. The van der Waals surface area contributed by atoms with E-state index in [1.54, 1.807) is 6.20 Å². The zero-order valence-corrected chi connectivity index (χ0v) is 15.0. The SMILES string of the molecule is CCCN1CCC[C@@]2(CCN(CC(=O)NCc3ccccn3)C2)C1=O.